The molecule has 1 aromatic heterocycles. The second-order valence-corrected chi connectivity index (χ2v) is 6.30. The molecule has 1 amide bonds. The second kappa shape index (κ2) is 10.1. The van der Waals surface area contributed by atoms with E-state index in [4.69, 9.17) is 19.2 Å². The Labute approximate surface area is 174 Å². The molecule has 0 saturated carbocycles. The molecule has 3 rings (SSSR count). The molecular formula is C23H21FN2O4. The van der Waals surface area contributed by atoms with Crippen LogP contribution in [0.1, 0.15) is 29.7 Å². The summed E-state index contributed by atoms with van der Waals surface area (Å²) < 4.78 is 29.6. The number of halogens is 1. The van der Waals surface area contributed by atoms with Crippen molar-refractivity contribution in [3.63, 3.8) is 0 Å². The van der Waals surface area contributed by atoms with E-state index in [9.17, 15) is 9.18 Å². The Morgan fingerprint density at radius 2 is 1.70 bits per heavy atom. The monoisotopic (exact) mass is 408 g/mol. The Morgan fingerprint density at radius 3 is 2.37 bits per heavy atom. The van der Waals surface area contributed by atoms with E-state index in [1.54, 1.807) is 36.4 Å². The van der Waals surface area contributed by atoms with Crippen LogP contribution in [0.4, 0.5) is 10.1 Å². The first kappa shape index (κ1) is 20.9. The molecular weight excluding hydrogens is 387 g/mol. The number of hydrogen-bond acceptors (Lipinski definition) is 5. The number of benzene rings is 2. The fraction of sp³-hybridized carbons (Fsp3) is 0.217. The molecule has 7 heteroatoms. The van der Waals surface area contributed by atoms with Crippen LogP contribution in [-0.2, 0) is 6.61 Å². The molecule has 0 saturated heterocycles. The lowest BCUT2D eigenvalue weighted by molar-refractivity contribution is 0.0956. The maximum absolute atomic E-state index is 13.0. The largest absolute Gasteiger partial charge is 0.494 e. The third-order valence-electron chi connectivity index (χ3n) is 4.22. The maximum Gasteiger partial charge on any atom is 0.294 e. The number of carbonyl (C=O) groups is 1. The quantitative estimate of drug-likeness (QED) is 0.500. The Balaban J connectivity index is 1.71. The predicted octanol–water partition coefficient (Wildman–Crippen LogP) is 4.96. The lowest BCUT2D eigenvalue weighted by Gasteiger charge is -2.21. The highest BCUT2D eigenvalue weighted by Crippen LogP contribution is 2.23. The summed E-state index contributed by atoms with van der Waals surface area (Å²) in [5.41, 5.74) is 0.638. The van der Waals surface area contributed by atoms with Gasteiger partial charge in [0, 0.05) is 12.2 Å². The number of nitrogens with zero attached hydrogens (tertiary/aromatic N) is 2. The molecule has 0 unspecified atom stereocenters. The van der Waals surface area contributed by atoms with Crippen molar-refractivity contribution in [3.05, 3.63) is 78.0 Å². The van der Waals surface area contributed by atoms with Crippen LogP contribution in [0.3, 0.4) is 0 Å². The summed E-state index contributed by atoms with van der Waals surface area (Å²) in [7, 11) is 0. The lowest BCUT2D eigenvalue weighted by Crippen LogP contribution is -2.31. The molecule has 154 valence electrons. The first-order chi connectivity index (χ1) is 14.6. The van der Waals surface area contributed by atoms with Crippen molar-refractivity contribution < 1.29 is 23.1 Å². The van der Waals surface area contributed by atoms with Gasteiger partial charge in [-0.05, 0) is 67.6 Å². The normalized spacial score (nSPS) is 10.3. The van der Waals surface area contributed by atoms with Gasteiger partial charge in [0.25, 0.3) is 5.91 Å². The van der Waals surface area contributed by atoms with Gasteiger partial charge in [-0.15, -0.1) is 0 Å². The molecule has 2 aromatic carbocycles. The van der Waals surface area contributed by atoms with Gasteiger partial charge in [0.1, 0.15) is 29.7 Å². The third-order valence-corrected chi connectivity index (χ3v) is 4.22. The summed E-state index contributed by atoms with van der Waals surface area (Å²) in [6.45, 7) is 2.77. The van der Waals surface area contributed by atoms with E-state index >= 15 is 0 Å². The number of hydrogen-bond donors (Lipinski definition) is 0. The van der Waals surface area contributed by atoms with Gasteiger partial charge in [-0.25, -0.2) is 4.39 Å². The summed E-state index contributed by atoms with van der Waals surface area (Å²) in [6, 6.07) is 18.0. The first-order valence-electron chi connectivity index (χ1n) is 9.49. The van der Waals surface area contributed by atoms with Crippen LogP contribution in [0, 0.1) is 17.1 Å². The number of ether oxygens (including phenoxy) is 2. The van der Waals surface area contributed by atoms with Crippen LogP contribution in [-0.4, -0.2) is 19.1 Å². The predicted molar refractivity (Wildman–Crippen MR) is 109 cm³/mol. The van der Waals surface area contributed by atoms with Crippen LogP contribution >= 0.6 is 0 Å². The van der Waals surface area contributed by atoms with Gasteiger partial charge in [-0.2, -0.15) is 5.26 Å². The Bertz CT molecular complexity index is 1010. The molecule has 0 aliphatic heterocycles. The molecule has 0 N–H and O–H groups in total. The summed E-state index contributed by atoms with van der Waals surface area (Å²) >= 11 is 0. The highest BCUT2D eigenvalue weighted by atomic mass is 19.1. The van der Waals surface area contributed by atoms with Crippen molar-refractivity contribution in [2.45, 2.75) is 20.0 Å². The number of anilines is 1. The molecule has 1 heterocycles. The molecule has 3 aromatic rings. The van der Waals surface area contributed by atoms with Gasteiger partial charge in [-0.3, -0.25) is 4.79 Å². The van der Waals surface area contributed by atoms with Crippen LogP contribution in [0.5, 0.6) is 11.5 Å². The van der Waals surface area contributed by atoms with Gasteiger partial charge in [0.05, 0.1) is 19.1 Å². The van der Waals surface area contributed by atoms with E-state index in [1.807, 2.05) is 6.92 Å². The van der Waals surface area contributed by atoms with Crippen LogP contribution in [0.25, 0.3) is 0 Å². The second-order valence-electron chi connectivity index (χ2n) is 6.30. The van der Waals surface area contributed by atoms with E-state index in [0.29, 0.717) is 29.6 Å². The highest BCUT2D eigenvalue weighted by Gasteiger charge is 2.21. The van der Waals surface area contributed by atoms with E-state index in [0.717, 1.165) is 0 Å². The van der Waals surface area contributed by atoms with E-state index in [2.05, 4.69) is 6.07 Å². The van der Waals surface area contributed by atoms with E-state index in [1.165, 1.54) is 29.2 Å². The Morgan fingerprint density at radius 1 is 1.03 bits per heavy atom. The van der Waals surface area contributed by atoms with E-state index in [-0.39, 0.29) is 37.1 Å². The summed E-state index contributed by atoms with van der Waals surface area (Å²) in [6.07, 6.45) is 0.181. The molecule has 30 heavy (non-hydrogen) atoms. The Hall–Kier alpha value is -3.79. The zero-order chi connectivity index (χ0) is 21.3. The summed E-state index contributed by atoms with van der Waals surface area (Å²) in [5.74, 6) is 1.08. The van der Waals surface area contributed by atoms with Gasteiger partial charge >= 0.3 is 0 Å². The highest BCUT2D eigenvalue weighted by molar-refractivity contribution is 6.04. The van der Waals surface area contributed by atoms with Crippen LogP contribution in [0.15, 0.2) is 65.1 Å². The van der Waals surface area contributed by atoms with Crippen molar-refractivity contribution in [2.24, 2.45) is 0 Å². The Kier molecular flexibility index (Phi) is 7.06. The van der Waals surface area contributed by atoms with Crippen molar-refractivity contribution in [1.82, 2.24) is 0 Å². The van der Waals surface area contributed by atoms with Crippen molar-refractivity contribution in [1.29, 1.82) is 5.26 Å². The topological polar surface area (TPSA) is 75.7 Å². The van der Waals surface area contributed by atoms with Gasteiger partial charge in [0.2, 0.25) is 0 Å². The molecule has 0 fully saturated rings. The first-order valence-corrected chi connectivity index (χ1v) is 9.49. The fourth-order valence-corrected chi connectivity index (χ4v) is 2.79. The van der Waals surface area contributed by atoms with Gasteiger partial charge in [-0.1, -0.05) is 0 Å². The standard InChI is InChI=1S/C23H21FN2O4/c1-2-28-19-10-6-18(7-11-19)26(15-3-14-25)23(27)22-13-12-21(30-22)16-29-20-8-4-17(24)5-9-20/h4-13H,2-3,15-16H2,1H3. The number of rotatable bonds is 9. The lowest BCUT2D eigenvalue weighted by atomic mass is 10.2. The van der Waals surface area contributed by atoms with Crippen LogP contribution < -0.4 is 14.4 Å². The minimum atomic E-state index is -0.359. The molecule has 6 nitrogen and oxygen atoms in total. The summed E-state index contributed by atoms with van der Waals surface area (Å²) in [5, 5.41) is 8.96. The average molecular weight is 408 g/mol. The summed E-state index contributed by atoms with van der Waals surface area (Å²) in [4.78, 5) is 14.5. The average Bonchev–Trinajstić information content (AvgIpc) is 3.24. The van der Waals surface area contributed by atoms with E-state index < -0.39 is 0 Å². The third kappa shape index (κ3) is 5.39. The van der Waals surface area contributed by atoms with Gasteiger partial charge < -0.3 is 18.8 Å². The van der Waals surface area contributed by atoms with Crippen molar-refractivity contribution in [2.75, 3.05) is 18.1 Å². The zero-order valence-electron chi connectivity index (χ0n) is 16.5. The van der Waals surface area contributed by atoms with Gasteiger partial charge in [0.15, 0.2) is 5.76 Å². The molecule has 0 radical (unpaired) electrons. The molecule has 0 atom stereocenters. The molecule has 0 aliphatic rings. The van der Waals surface area contributed by atoms with Crippen molar-refractivity contribution in [3.8, 4) is 17.6 Å². The smallest absolute Gasteiger partial charge is 0.294 e. The number of amides is 1. The maximum atomic E-state index is 13.0. The fourth-order valence-electron chi connectivity index (χ4n) is 2.79. The number of nitriles is 1. The van der Waals surface area contributed by atoms with Crippen LogP contribution in [0.2, 0.25) is 0 Å². The number of furan rings is 1. The SMILES string of the molecule is CCOc1ccc(N(CCC#N)C(=O)c2ccc(COc3ccc(F)cc3)o2)cc1. The molecule has 0 bridgehead atoms. The van der Waals surface area contributed by atoms with Crippen molar-refractivity contribution >= 4 is 11.6 Å². The molecule has 0 spiro atoms. The zero-order valence-corrected chi connectivity index (χ0v) is 16.5. The number of carbonyl (C=O) groups excluding carboxylic acids is 1. The minimum absolute atomic E-state index is 0.0974. The molecule has 0 aliphatic carbocycles. The minimum Gasteiger partial charge on any atom is -0.494 e.